The Hall–Kier alpha value is -2.77. The molecule has 0 spiro atoms. The van der Waals surface area contributed by atoms with Gasteiger partial charge in [0.05, 0.1) is 7.05 Å². The fraction of sp³-hybridized carbons (Fsp3) is 0.300. The van der Waals surface area contributed by atoms with Crippen LogP contribution in [0.15, 0.2) is 42.5 Å². The zero-order valence-corrected chi connectivity index (χ0v) is 16.5. The number of hydrogen-bond acceptors (Lipinski definition) is 4. The number of anilines is 2. The van der Waals surface area contributed by atoms with Crippen LogP contribution >= 0.6 is 11.6 Å². The number of halogens is 1. The van der Waals surface area contributed by atoms with Gasteiger partial charge in [0, 0.05) is 22.5 Å². The molecule has 2 aromatic carbocycles. The van der Waals surface area contributed by atoms with Crippen LogP contribution in [0.5, 0.6) is 11.5 Å². The summed E-state index contributed by atoms with van der Waals surface area (Å²) in [6.45, 7) is 2.93. The molecule has 1 unspecified atom stereocenters. The number of fused-ring (bicyclic) bond motifs is 1. The molecule has 1 heterocycles. The molecule has 2 atom stereocenters. The maximum absolute atomic E-state index is 12.5. The molecule has 2 amide bonds. The summed E-state index contributed by atoms with van der Waals surface area (Å²) in [7, 11) is 1.80. The lowest BCUT2D eigenvalue weighted by Crippen LogP contribution is -3.14. The predicted octanol–water partition coefficient (Wildman–Crippen LogP) is 1.59. The summed E-state index contributed by atoms with van der Waals surface area (Å²) in [4.78, 5) is 25.5. The zero-order chi connectivity index (χ0) is 20.1. The first-order valence-corrected chi connectivity index (χ1v) is 9.38. The Kier molecular flexibility index (Phi) is 6.38. The second-order valence-electron chi connectivity index (χ2n) is 6.65. The lowest BCUT2D eigenvalue weighted by atomic mass is 10.2. The molecule has 0 saturated carbocycles. The third kappa shape index (κ3) is 5.15. The van der Waals surface area contributed by atoms with Crippen molar-refractivity contribution >= 4 is 34.8 Å². The molecule has 0 bridgehead atoms. The van der Waals surface area contributed by atoms with E-state index < -0.39 is 6.04 Å². The Bertz CT molecular complexity index is 857. The van der Waals surface area contributed by atoms with Gasteiger partial charge < -0.3 is 25.0 Å². The molecule has 2 aromatic rings. The molecule has 1 aliphatic rings. The number of nitrogens with one attached hydrogen (secondary N) is 3. The van der Waals surface area contributed by atoms with Gasteiger partial charge in [-0.2, -0.15) is 0 Å². The van der Waals surface area contributed by atoms with E-state index in [1.807, 2.05) is 0 Å². The number of carbonyl (C=O) groups excluding carboxylic acids is 2. The van der Waals surface area contributed by atoms with E-state index in [1.165, 1.54) is 0 Å². The average Bonchev–Trinajstić information content (AvgIpc) is 2.69. The summed E-state index contributed by atoms with van der Waals surface area (Å²) in [5.74, 6) is 0.908. The number of rotatable bonds is 6. The molecule has 0 radical (unpaired) electrons. The maximum Gasteiger partial charge on any atom is 0.282 e. The van der Waals surface area contributed by atoms with Gasteiger partial charge in [-0.05, 0) is 43.3 Å². The summed E-state index contributed by atoms with van der Waals surface area (Å²) in [6.07, 6.45) is 0. The molecule has 28 heavy (non-hydrogen) atoms. The average molecular weight is 405 g/mol. The van der Waals surface area contributed by atoms with Crippen molar-refractivity contribution in [2.24, 2.45) is 0 Å². The highest BCUT2D eigenvalue weighted by Gasteiger charge is 2.24. The number of hydrogen-bond donors (Lipinski definition) is 3. The van der Waals surface area contributed by atoms with Gasteiger partial charge in [-0.25, -0.2) is 0 Å². The fourth-order valence-corrected chi connectivity index (χ4v) is 2.87. The minimum atomic E-state index is -0.427. The van der Waals surface area contributed by atoms with Crippen LogP contribution in [0.2, 0.25) is 5.02 Å². The SMILES string of the molecule is C[C@@H](C(=O)Nc1ccc2c(c1)OCCO2)[NH+](C)CC(=O)Nc1ccc(Cl)cc1. The molecule has 8 heteroatoms. The van der Waals surface area contributed by atoms with Crippen LogP contribution in [0.3, 0.4) is 0 Å². The topological polar surface area (TPSA) is 81.1 Å². The Balaban J connectivity index is 1.53. The van der Waals surface area contributed by atoms with E-state index in [0.717, 1.165) is 4.90 Å². The van der Waals surface area contributed by atoms with E-state index in [2.05, 4.69) is 10.6 Å². The van der Waals surface area contributed by atoms with E-state index in [9.17, 15) is 9.59 Å². The van der Waals surface area contributed by atoms with Crippen LogP contribution in [0, 0.1) is 0 Å². The summed E-state index contributed by atoms with van der Waals surface area (Å²) < 4.78 is 11.0. The number of likely N-dealkylation sites (N-methyl/N-ethyl adjacent to an activating group) is 1. The van der Waals surface area contributed by atoms with Gasteiger partial charge in [-0.3, -0.25) is 9.59 Å². The van der Waals surface area contributed by atoms with E-state index in [-0.39, 0.29) is 18.4 Å². The van der Waals surface area contributed by atoms with Crippen molar-refractivity contribution in [3.63, 3.8) is 0 Å². The third-order valence-electron chi connectivity index (χ3n) is 4.51. The first-order chi connectivity index (χ1) is 13.4. The zero-order valence-electron chi connectivity index (χ0n) is 15.8. The number of ether oxygens (including phenoxy) is 2. The van der Waals surface area contributed by atoms with Crippen LogP contribution in [-0.4, -0.2) is 44.7 Å². The first kappa shape index (κ1) is 20.0. The number of amides is 2. The van der Waals surface area contributed by atoms with Gasteiger partial charge in [0.2, 0.25) is 0 Å². The molecule has 3 rings (SSSR count). The number of carbonyl (C=O) groups is 2. The maximum atomic E-state index is 12.5. The first-order valence-electron chi connectivity index (χ1n) is 9.00. The molecule has 0 aliphatic carbocycles. The van der Waals surface area contributed by atoms with Crippen LogP contribution in [0.1, 0.15) is 6.92 Å². The molecule has 0 aromatic heterocycles. The van der Waals surface area contributed by atoms with Crippen LogP contribution in [0.4, 0.5) is 11.4 Å². The highest BCUT2D eigenvalue weighted by atomic mass is 35.5. The Morgan fingerprint density at radius 1 is 1.04 bits per heavy atom. The van der Waals surface area contributed by atoms with Crippen LogP contribution in [0.25, 0.3) is 0 Å². The number of benzene rings is 2. The van der Waals surface area contributed by atoms with Crippen molar-refractivity contribution in [1.82, 2.24) is 0 Å². The van der Waals surface area contributed by atoms with E-state index in [4.69, 9.17) is 21.1 Å². The highest BCUT2D eigenvalue weighted by molar-refractivity contribution is 6.30. The standard InChI is InChI=1S/C20H22ClN3O4/c1-13(24(2)12-19(25)22-15-5-3-14(21)4-6-15)20(26)23-16-7-8-17-18(11-16)28-10-9-27-17/h3-8,11,13H,9-10,12H2,1-2H3,(H,22,25)(H,23,26)/p+1/t13-/m0/s1. The molecule has 148 valence electrons. The minimum Gasteiger partial charge on any atom is -0.486 e. The highest BCUT2D eigenvalue weighted by Crippen LogP contribution is 2.32. The fourth-order valence-electron chi connectivity index (χ4n) is 2.74. The molecule has 0 saturated heterocycles. The van der Waals surface area contributed by atoms with Gasteiger partial charge >= 0.3 is 0 Å². The van der Waals surface area contributed by atoms with Crippen LogP contribution < -0.4 is 25.0 Å². The summed E-state index contributed by atoms with van der Waals surface area (Å²) >= 11 is 5.84. The van der Waals surface area contributed by atoms with E-state index in [1.54, 1.807) is 56.4 Å². The van der Waals surface area contributed by atoms with Crippen molar-refractivity contribution < 1.29 is 24.0 Å². The third-order valence-corrected chi connectivity index (χ3v) is 4.76. The molecule has 7 nitrogen and oxygen atoms in total. The Morgan fingerprint density at radius 3 is 2.39 bits per heavy atom. The summed E-state index contributed by atoms with van der Waals surface area (Å²) in [6, 6.07) is 11.7. The smallest absolute Gasteiger partial charge is 0.282 e. The second kappa shape index (κ2) is 8.95. The summed E-state index contributed by atoms with van der Waals surface area (Å²) in [5, 5.41) is 6.26. The Labute approximate surface area is 168 Å². The lowest BCUT2D eigenvalue weighted by Gasteiger charge is -2.22. The van der Waals surface area contributed by atoms with Crippen LogP contribution in [-0.2, 0) is 9.59 Å². The molecule has 1 aliphatic heterocycles. The van der Waals surface area contributed by atoms with Gasteiger partial charge in [-0.15, -0.1) is 0 Å². The number of quaternary nitrogens is 1. The molecular weight excluding hydrogens is 382 g/mol. The normalized spacial score (nSPS) is 14.7. The van der Waals surface area contributed by atoms with Crippen molar-refractivity contribution in [1.29, 1.82) is 0 Å². The second-order valence-corrected chi connectivity index (χ2v) is 7.08. The monoisotopic (exact) mass is 404 g/mol. The van der Waals surface area contributed by atoms with E-state index in [0.29, 0.717) is 41.1 Å². The summed E-state index contributed by atoms with van der Waals surface area (Å²) in [5.41, 5.74) is 1.29. The van der Waals surface area contributed by atoms with Gasteiger partial charge in [0.15, 0.2) is 24.1 Å². The van der Waals surface area contributed by atoms with Crippen molar-refractivity contribution in [3.8, 4) is 11.5 Å². The van der Waals surface area contributed by atoms with Crippen molar-refractivity contribution in [2.45, 2.75) is 13.0 Å². The quantitative estimate of drug-likeness (QED) is 0.683. The molecule has 3 N–H and O–H groups in total. The van der Waals surface area contributed by atoms with Crippen molar-refractivity contribution in [2.75, 3.05) is 37.4 Å². The Morgan fingerprint density at radius 2 is 1.68 bits per heavy atom. The molecular formula is C20H23ClN3O4+. The largest absolute Gasteiger partial charge is 0.486 e. The van der Waals surface area contributed by atoms with E-state index >= 15 is 0 Å². The van der Waals surface area contributed by atoms with Gasteiger partial charge in [-0.1, -0.05) is 11.6 Å². The lowest BCUT2D eigenvalue weighted by molar-refractivity contribution is -0.885. The predicted molar refractivity (Wildman–Crippen MR) is 107 cm³/mol. The van der Waals surface area contributed by atoms with Gasteiger partial charge in [0.25, 0.3) is 11.8 Å². The van der Waals surface area contributed by atoms with Gasteiger partial charge in [0.1, 0.15) is 13.2 Å². The van der Waals surface area contributed by atoms with Crippen molar-refractivity contribution in [3.05, 3.63) is 47.5 Å². The minimum absolute atomic E-state index is 0.151. The molecule has 0 fully saturated rings.